The van der Waals surface area contributed by atoms with Crippen LogP contribution in [0.4, 0.5) is 5.13 Å². The number of oxazole rings is 1. The molecule has 2 heterocycles. The van der Waals surface area contributed by atoms with E-state index >= 15 is 0 Å². The third-order valence-electron chi connectivity index (χ3n) is 3.34. The normalized spacial score (nSPS) is 10.6. The summed E-state index contributed by atoms with van der Waals surface area (Å²) in [5.74, 6) is -1.63. The van der Waals surface area contributed by atoms with Crippen LogP contribution < -0.4 is 5.32 Å². The lowest BCUT2D eigenvalue weighted by molar-refractivity contribution is -0.142. The number of fused-ring (bicyclic) bond motifs is 1. The highest BCUT2D eigenvalue weighted by Crippen LogP contribution is 2.18. The Labute approximate surface area is 157 Å². The number of nitrogens with one attached hydrogen (secondary N) is 1. The Hall–Kier alpha value is -3.27. The molecule has 3 aromatic rings. The van der Waals surface area contributed by atoms with E-state index in [0.29, 0.717) is 28.5 Å². The van der Waals surface area contributed by atoms with E-state index in [1.165, 1.54) is 12.5 Å². The van der Waals surface area contributed by atoms with Crippen LogP contribution in [0, 0.1) is 0 Å². The summed E-state index contributed by atoms with van der Waals surface area (Å²) in [4.78, 5) is 43.6. The number of benzene rings is 1. The molecule has 10 heteroatoms. The van der Waals surface area contributed by atoms with E-state index in [1.54, 1.807) is 24.4 Å². The number of thiazole rings is 1. The predicted molar refractivity (Wildman–Crippen MR) is 95.4 cm³/mol. The molecule has 27 heavy (non-hydrogen) atoms. The molecule has 0 spiro atoms. The van der Waals surface area contributed by atoms with E-state index in [0.717, 1.165) is 11.3 Å². The van der Waals surface area contributed by atoms with Gasteiger partial charge in [0.2, 0.25) is 0 Å². The minimum absolute atomic E-state index is 0.0247. The Kier molecular flexibility index (Phi) is 5.77. The first-order chi connectivity index (χ1) is 13.1. The third-order valence-corrected chi connectivity index (χ3v) is 4.15. The van der Waals surface area contributed by atoms with Gasteiger partial charge in [-0.25, -0.2) is 14.8 Å². The molecule has 1 aromatic carbocycles. The fraction of sp³-hybridized carbons (Fsp3) is 0.235. The molecule has 0 saturated heterocycles. The van der Waals surface area contributed by atoms with Gasteiger partial charge in [-0.05, 0) is 19.1 Å². The molecule has 3 rings (SSSR count). The fourth-order valence-corrected chi connectivity index (χ4v) is 2.95. The number of hydrogen-bond acceptors (Lipinski definition) is 9. The molecular weight excluding hydrogens is 374 g/mol. The van der Waals surface area contributed by atoms with Crippen molar-refractivity contribution in [2.75, 3.05) is 18.5 Å². The Balaban J connectivity index is 1.52. The molecule has 0 saturated carbocycles. The molecule has 0 aliphatic carbocycles. The number of carbonyl (C=O) groups is 3. The molecule has 0 bridgehead atoms. The highest BCUT2D eigenvalue weighted by Gasteiger charge is 2.16. The fourth-order valence-electron chi connectivity index (χ4n) is 2.22. The van der Waals surface area contributed by atoms with Gasteiger partial charge in [0.15, 0.2) is 23.7 Å². The summed E-state index contributed by atoms with van der Waals surface area (Å²) in [6, 6.07) is 4.83. The highest BCUT2D eigenvalue weighted by molar-refractivity contribution is 7.13. The molecule has 1 amide bonds. The van der Waals surface area contributed by atoms with Gasteiger partial charge in [0, 0.05) is 5.38 Å². The molecule has 2 aromatic heterocycles. The van der Waals surface area contributed by atoms with Gasteiger partial charge in [-0.1, -0.05) is 6.07 Å². The van der Waals surface area contributed by atoms with E-state index < -0.39 is 24.5 Å². The number of para-hydroxylation sites is 1. The average molecular weight is 389 g/mol. The van der Waals surface area contributed by atoms with Crippen LogP contribution in [-0.4, -0.2) is 41.0 Å². The summed E-state index contributed by atoms with van der Waals surface area (Å²) in [6.45, 7) is 1.52. The van der Waals surface area contributed by atoms with Crippen LogP contribution in [0.2, 0.25) is 0 Å². The van der Waals surface area contributed by atoms with Crippen LogP contribution in [-0.2, 0) is 25.5 Å². The summed E-state index contributed by atoms with van der Waals surface area (Å²) < 4.78 is 15.0. The van der Waals surface area contributed by atoms with E-state index in [1.807, 2.05) is 0 Å². The van der Waals surface area contributed by atoms with Gasteiger partial charge < -0.3 is 13.9 Å². The smallest absolute Gasteiger partial charge is 0.340 e. The lowest BCUT2D eigenvalue weighted by Crippen LogP contribution is -2.21. The van der Waals surface area contributed by atoms with Gasteiger partial charge in [0.05, 0.1) is 24.3 Å². The minimum Gasteiger partial charge on any atom is -0.466 e. The van der Waals surface area contributed by atoms with Crippen LogP contribution in [0.5, 0.6) is 0 Å². The molecule has 0 fully saturated rings. The van der Waals surface area contributed by atoms with E-state index in [4.69, 9.17) is 13.9 Å². The summed E-state index contributed by atoms with van der Waals surface area (Å²) >= 11 is 1.16. The number of carbonyl (C=O) groups excluding carboxylic acids is 3. The molecule has 0 atom stereocenters. The largest absolute Gasteiger partial charge is 0.466 e. The number of rotatable bonds is 7. The van der Waals surface area contributed by atoms with Gasteiger partial charge in [-0.3, -0.25) is 14.9 Å². The monoisotopic (exact) mass is 389 g/mol. The molecule has 140 valence electrons. The second kappa shape index (κ2) is 8.41. The Morgan fingerprint density at radius 3 is 2.93 bits per heavy atom. The van der Waals surface area contributed by atoms with Crippen molar-refractivity contribution in [3.63, 3.8) is 0 Å². The van der Waals surface area contributed by atoms with Crippen molar-refractivity contribution >= 4 is 45.4 Å². The Morgan fingerprint density at radius 1 is 1.26 bits per heavy atom. The van der Waals surface area contributed by atoms with Crippen molar-refractivity contribution in [2.45, 2.75) is 13.3 Å². The van der Waals surface area contributed by atoms with E-state index in [9.17, 15) is 14.4 Å². The maximum atomic E-state index is 12.2. The lowest BCUT2D eigenvalue weighted by Gasteiger charge is -2.05. The van der Waals surface area contributed by atoms with Gasteiger partial charge >= 0.3 is 11.9 Å². The minimum atomic E-state index is -0.688. The Morgan fingerprint density at radius 2 is 2.11 bits per heavy atom. The Bertz CT molecular complexity index is 980. The first-order valence-corrected chi connectivity index (χ1v) is 8.84. The standard InChI is InChI=1S/C17H15N3O6S/c1-2-24-14(22)6-10-8-27-17(19-10)20-13(21)7-25-16(23)11-4-3-5-12-15(11)18-9-26-12/h3-5,8-9H,2,6-7H2,1H3,(H,19,20,21). The summed E-state index contributed by atoms with van der Waals surface area (Å²) in [5.41, 5.74) is 1.51. The number of esters is 2. The number of amides is 1. The number of nitrogens with zero attached hydrogens (tertiary/aromatic N) is 2. The van der Waals surface area contributed by atoms with Crippen LogP contribution in [0.25, 0.3) is 11.1 Å². The van der Waals surface area contributed by atoms with Gasteiger partial charge in [0.25, 0.3) is 5.91 Å². The molecule has 1 N–H and O–H groups in total. The summed E-state index contributed by atoms with van der Waals surface area (Å²) in [5, 5.41) is 4.45. The van der Waals surface area contributed by atoms with Crippen LogP contribution in [0.15, 0.2) is 34.4 Å². The number of aromatic nitrogens is 2. The topological polar surface area (TPSA) is 121 Å². The summed E-state index contributed by atoms with van der Waals surface area (Å²) in [7, 11) is 0. The molecule has 9 nitrogen and oxygen atoms in total. The van der Waals surface area contributed by atoms with Crippen molar-refractivity contribution in [1.29, 1.82) is 0 Å². The quantitative estimate of drug-likeness (QED) is 0.611. The second-order valence-corrected chi connectivity index (χ2v) is 6.11. The molecule has 0 aliphatic heterocycles. The average Bonchev–Trinajstić information content (AvgIpc) is 3.28. The van der Waals surface area contributed by atoms with Crippen molar-refractivity contribution in [1.82, 2.24) is 9.97 Å². The zero-order valence-electron chi connectivity index (χ0n) is 14.3. The molecule has 0 aliphatic rings. The van der Waals surface area contributed by atoms with E-state index in [2.05, 4.69) is 15.3 Å². The van der Waals surface area contributed by atoms with E-state index in [-0.39, 0.29) is 12.0 Å². The van der Waals surface area contributed by atoms with Gasteiger partial charge in [0.1, 0.15) is 5.52 Å². The molecular formula is C17H15N3O6S. The zero-order chi connectivity index (χ0) is 19.2. The number of ether oxygens (including phenoxy) is 2. The van der Waals surface area contributed by atoms with Gasteiger partial charge in [-0.15, -0.1) is 11.3 Å². The maximum absolute atomic E-state index is 12.2. The summed E-state index contributed by atoms with van der Waals surface area (Å²) in [6.07, 6.45) is 1.25. The van der Waals surface area contributed by atoms with Crippen molar-refractivity contribution in [3.8, 4) is 0 Å². The van der Waals surface area contributed by atoms with Crippen LogP contribution >= 0.6 is 11.3 Å². The van der Waals surface area contributed by atoms with Crippen molar-refractivity contribution in [3.05, 3.63) is 41.2 Å². The molecule has 0 unspecified atom stereocenters. The van der Waals surface area contributed by atoms with Crippen molar-refractivity contribution < 1.29 is 28.3 Å². The third kappa shape index (κ3) is 4.67. The molecule has 0 radical (unpaired) electrons. The maximum Gasteiger partial charge on any atom is 0.340 e. The first-order valence-electron chi connectivity index (χ1n) is 7.96. The number of anilines is 1. The SMILES string of the molecule is CCOC(=O)Cc1csc(NC(=O)COC(=O)c2cccc3ocnc23)n1. The second-order valence-electron chi connectivity index (χ2n) is 5.25. The van der Waals surface area contributed by atoms with Crippen LogP contribution in [0.1, 0.15) is 23.0 Å². The first kappa shape index (κ1) is 18.5. The highest BCUT2D eigenvalue weighted by atomic mass is 32.1. The lowest BCUT2D eigenvalue weighted by atomic mass is 10.2. The number of hydrogen-bond donors (Lipinski definition) is 1. The van der Waals surface area contributed by atoms with Crippen LogP contribution in [0.3, 0.4) is 0 Å². The zero-order valence-corrected chi connectivity index (χ0v) is 15.1. The van der Waals surface area contributed by atoms with Crippen molar-refractivity contribution in [2.24, 2.45) is 0 Å². The predicted octanol–water partition coefficient (Wildman–Crippen LogP) is 2.19. The van der Waals surface area contributed by atoms with Gasteiger partial charge in [-0.2, -0.15) is 0 Å².